The molecule has 0 bridgehead atoms. The van der Waals surface area contributed by atoms with Crippen LogP contribution in [0.25, 0.3) is 4.96 Å². The van der Waals surface area contributed by atoms with E-state index < -0.39 is 0 Å². The van der Waals surface area contributed by atoms with Gasteiger partial charge < -0.3 is 4.90 Å². The maximum absolute atomic E-state index is 12.3. The number of rotatable bonds is 3. The molecule has 0 spiro atoms. The first-order valence-corrected chi connectivity index (χ1v) is 8.66. The van der Waals surface area contributed by atoms with Gasteiger partial charge >= 0.3 is 0 Å². The third-order valence-corrected chi connectivity index (χ3v) is 5.07. The molecule has 0 saturated carbocycles. The van der Waals surface area contributed by atoms with Gasteiger partial charge in [0.25, 0.3) is 0 Å². The van der Waals surface area contributed by atoms with Gasteiger partial charge in [0.2, 0.25) is 21.9 Å². The minimum atomic E-state index is -0.0173. The molecule has 1 amide bonds. The molecule has 0 atom stereocenters. The number of anilines is 2. The lowest BCUT2D eigenvalue weighted by atomic mass is 9.96. The maximum Gasteiger partial charge on any atom is 0.229 e. The van der Waals surface area contributed by atoms with E-state index in [9.17, 15) is 4.79 Å². The van der Waals surface area contributed by atoms with Crippen LogP contribution >= 0.6 is 11.3 Å². The Morgan fingerprint density at radius 2 is 2.04 bits per heavy atom. The number of carbonyl (C=O) groups excluding carboxylic acids is 1. The largest absolute Gasteiger partial charge is 0.347 e. The summed E-state index contributed by atoms with van der Waals surface area (Å²) in [4.78, 5) is 27.9. The summed E-state index contributed by atoms with van der Waals surface area (Å²) in [6, 6.07) is 1.72. The van der Waals surface area contributed by atoms with Crippen molar-refractivity contribution in [2.75, 3.05) is 23.3 Å². The Balaban J connectivity index is 1.37. The zero-order valence-electron chi connectivity index (χ0n) is 13.2. The smallest absolute Gasteiger partial charge is 0.229 e. The number of imidazole rings is 1. The number of carbonyl (C=O) groups is 1. The van der Waals surface area contributed by atoms with Crippen LogP contribution in [0.2, 0.25) is 0 Å². The highest BCUT2D eigenvalue weighted by molar-refractivity contribution is 7.20. The molecule has 0 unspecified atom stereocenters. The molecule has 4 heterocycles. The van der Waals surface area contributed by atoms with E-state index in [2.05, 4.69) is 30.3 Å². The maximum atomic E-state index is 12.3. The monoisotopic (exact) mass is 343 g/mol. The first-order valence-electron chi connectivity index (χ1n) is 7.85. The molecule has 124 valence electrons. The molecule has 0 radical (unpaired) electrons. The van der Waals surface area contributed by atoms with E-state index in [1.165, 1.54) is 0 Å². The number of aryl methyl sites for hydroxylation is 1. The molecule has 24 heavy (non-hydrogen) atoms. The molecule has 1 N–H and O–H groups in total. The van der Waals surface area contributed by atoms with Crippen LogP contribution in [0.3, 0.4) is 0 Å². The topological polar surface area (TPSA) is 88.3 Å². The second-order valence-electron chi connectivity index (χ2n) is 5.82. The van der Waals surface area contributed by atoms with E-state index in [1.54, 1.807) is 29.8 Å². The second-order valence-corrected chi connectivity index (χ2v) is 6.75. The van der Waals surface area contributed by atoms with Crippen LogP contribution in [-0.2, 0) is 4.79 Å². The fraction of sp³-hybridized carbons (Fsp3) is 0.400. The van der Waals surface area contributed by atoms with E-state index >= 15 is 0 Å². The van der Waals surface area contributed by atoms with Gasteiger partial charge in [0.05, 0.1) is 11.9 Å². The summed E-state index contributed by atoms with van der Waals surface area (Å²) < 4.78 is 1.82. The summed E-state index contributed by atoms with van der Waals surface area (Å²) in [7, 11) is 0. The van der Waals surface area contributed by atoms with Crippen molar-refractivity contribution in [1.29, 1.82) is 0 Å². The van der Waals surface area contributed by atoms with Crippen molar-refractivity contribution in [3.8, 4) is 0 Å². The fourth-order valence-electron chi connectivity index (χ4n) is 2.84. The van der Waals surface area contributed by atoms with Crippen LogP contribution in [-0.4, -0.2) is 43.6 Å². The van der Waals surface area contributed by atoms with Crippen LogP contribution in [0.5, 0.6) is 0 Å². The first-order chi connectivity index (χ1) is 11.7. The van der Waals surface area contributed by atoms with Crippen molar-refractivity contribution in [3.63, 3.8) is 0 Å². The molecule has 3 aromatic heterocycles. The van der Waals surface area contributed by atoms with Crippen molar-refractivity contribution in [2.24, 2.45) is 5.92 Å². The van der Waals surface area contributed by atoms with E-state index in [4.69, 9.17) is 0 Å². The number of hydrogen-bond donors (Lipinski definition) is 1. The molecule has 4 rings (SSSR count). The Morgan fingerprint density at radius 1 is 1.29 bits per heavy atom. The summed E-state index contributed by atoms with van der Waals surface area (Å²) in [5.41, 5.74) is 0.971. The molecule has 9 heteroatoms. The van der Waals surface area contributed by atoms with Crippen LogP contribution in [0.15, 0.2) is 24.7 Å². The first kappa shape index (κ1) is 15.0. The van der Waals surface area contributed by atoms with E-state index in [-0.39, 0.29) is 11.8 Å². The van der Waals surface area contributed by atoms with Gasteiger partial charge in [-0.2, -0.15) is 0 Å². The number of nitrogens with zero attached hydrogens (tertiary/aromatic N) is 6. The zero-order chi connectivity index (χ0) is 16.5. The summed E-state index contributed by atoms with van der Waals surface area (Å²) in [6.45, 7) is 3.58. The lowest BCUT2D eigenvalue weighted by molar-refractivity contribution is -0.120. The molecule has 8 nitrogen and oxygen atoms in total. The lowest BCUT2D eigenvalue weighted by Gasteiger charge is -2.30. The summed E-state index contributed by atoms with van der Waals surface area (Å²) in [5.74, 6) is 0.336. The van der Waals surface area contributed by atoms with Crippen molar-refractivity contribution in [2.45, 2.75) is 19.8 Å². The highest BCUT2D eigenvalue weighted by Gasteiger charge is 2.27. The minimum Gasteiger partial charge on any atom is -0.347 e. The van der Waals surface area contributed by atoms with Crippen LogP contribution in [0.1, 0.15) is 18.5 Å². The number of aromatic nitrogens is 5. The Bertz CT molecular complexity index is 820. The van der Waals surface area contributed by atoms with Gasteiger partial charge in [-0.05, 0) is 25.8 Å². The molecule has 1 saturated heterocycles. The molecular weight excluding hydrogens is 326 g/mol. The molecule has 1 aliphatic rings. The zero-order valence-corrected chi connectivity index (χ0v) is 14.0. The normalized spacial score (nSPS) is 15.8. The van der Waals surface area contributed by atoms with Crippen molar-refractivity contribution >= 4 is 33.3 Å². The van der Waals surface area contributed by atoms with Crippen molar-refractivity contribution in [1.82, 2.24) is 24.6 Å². The van der Waals surface area contributed by atoms with Gasteiger partial charge in [-0.15, -0.1) is 5.10 Å². The lowest BCUT2D eigenvalue weighted by Crippen LogP contribution is -2.38. The fourth-order valence-corrected chi connectivity index (χ4v) is 3.82. The molecule has 1 aliphatic heterocycles. The molecular formula is C15H17N7OS. The number of piperidine rings is 1. The average Bonchev–Trinajstić information content (AvgIpc) is 3.13. The number of amides is 1. The van der Waals surface area contributed by atoms with Gasteiger partial charge in [-0.1, -0.05) is 11.3 Å². The molecule has 3 aromatic rings. The van der Waals surface area contributed by atoms with Crippen molar-refractivity contribution < 1.29 is 4.79 Å². The van der Waals surface area contributed by atoms with Crippen LogP contribution in [0, 0.1) is 12.8 Å². The Kier molecular flexibility index (Phi) is 3.85. The van der Waals surface area contributed by atoms with Gasteiger partial charge in [-0.25, -0.2) is 19.5 Å². The summed E-state index contributed by atoms with van der Waals surface area (Å²) >= 11 is 1.58. The third-order valence-electron chi connectivity index (χ3n) is 4.09. The number of hydrogen-bond acceptors (Lipinski definition) is 7. The predicted molar refractivity (Wildman–Crippen MR) is 91.2 cm³/mol. The van der Waals surface area contributed by atoms with Crippen molar-refractivity contribution in [3.05, 3.63) is 30.4 Å². The van der Waals surface area contributed by atoms with Crippen LogP contribution < -0.4 is 10.2 Å². The highest BCUT2D eigenvalue weighted by Crippen LogP contribution is 2.28. The van der Waals surface area contributed by atoms with Gasteiger partial charge in [0.1, 0.15) is 0 Å². The van der Waals surface area contributed by atoms with E-state index in [1.807, 2.05) is 17.6 Å². The number of nitrogens with one attached hydrogen (secondary N) is 1. The second kappa shape index (κ2) is 6.16. The van der Waals surface area contributed by atoms with Gasteiger partial charge in [0, 0.05) is 31.4 Å². The van der Waals surface area contributed by atoms with Gasteiger partial charge in [-0.3, -0.25) is 10.1 Å². The minimum absolute atomic E-state index is 0.00887. The van der Waals surface area contributed by atoms with Crippen LogP contribution in [0.4, 0.5) is 11.1 Å². The van der Waals surface area contributed by atoms with E-state index in [0.717, 1.165) is 41.7 Å². The molecule has 0 aliphatic carbocycles. The SMILES string of the molecule is Cc1cn2nc(N3CCC(C(=O)Nc4ncccn4)CC3)sc2n1. The Morgan fingerprint density at radius 3 is 2.75 bits per heavy atom. The average molecular weight is 343 g/mol. The summed E-state index contributed by atoms with van der Waals surface area (Å²) in [5, 5.41) is 8.32. The Hall–Kier alpha value is -2.55. The van der Waals surface area contributed by atoms with E-state index in [0.29, 0.717) is 5.95 Å². The molecule has 0 aromatic carbocycles. The Labute approximate surface area is 142 Å². The summed E-state index contributed by atoms with van der Waals surface area (Å²) in [6.07, 6.45) is 6.74. The highest BCUT2D eigenvalue weighted by atomic mass is 32.1. The van der Waals surface area contributed by atoms with Gasteiger partial charge in [0.15, 0.2) is 0 Å². The number of fused-ring (bicyclic) bond motifs is 1. The third kappa shape index (κ3) is 2.94. The molecule has 1 fully saturated rings. The predicted octanol–water partition coefficient (Wildman–Crippen LogP) is 1.74. The quantitative estimate of drug-likeness (QED) is 0.779. The standard InChI is InChI=1S/C15H17N7OS/c1-10-9-22-14(18-10)24-15(20-22)21-7-3-11(4-8-21)12(23)19-13-16-5-2-6-17-13/h2,5-6,9,11H,3-4,7-8H2,1H3,(H,16,17,19,23).